The van der Waals surface area contributed by atoms with Crippen molar-refractivity contribution >= 4 is 10.4 Å². The Kier molecular flexibility index (Phi) is 12.3. The van der Waals surface area contributed by atoms with Crippen LogP contribution in [0.25, 0.3) is 0 Å². The lowest BCUT2D eigenvalue weighted by Gasteiger charge is -2.17. The zero-order valence-corrected chi connectivity index (χ0v) is 15.0. The van der Waals surface area contributed by atoms with Crippen molar-refractivity contribution in [2.75, 3.05) is 27.4 Å². The molecular formula is C15H32N2O4S. The van der Waals surface area contributed by atoms with E-state index in [1.807, 2.05) is 0 Å². The summed E-state index contributed by atoms with van der Waals surface area (Å²) in [6, 6.07) is 0. The predicted octanol–water partition coefficient (Wildman–Crippen LogP) is 3.24. The highest BCUT2D eigenvalue weighted by molar-refractivity contribution is 7.80. The first kappa shape index (κ1) is 21.2. The molecule has 0 saturated heterocycles. The maximum atomic E-state index is 9.33. The van der Waals surface area contributed by atoms with Crippen molar-refractivity contribution in [3.8, 4) is 0 Å². The normalized spacial score (nSPS) is 14.2. The van der Waals surface area contributed by atoms with Crippen LogP contribution in [0, 0.1) is 0 Å². The molecule has 0 aliphatic carbocycles. The van der Waals surface area contributed by atoms with Crippen LogP contribution in [-0.2, 0) is 14.6 Å². The van der Waals surface area contributed by atoms with Crippen LogP contribution in [-0.4, -0.2) is 50.1 Å². The minimum absolute atomic E-state index is 0.870. The number of hydrogen-bond acceptors (Lipinski definition) is 5. The van der Waals surface area contributed by atoms with Gasteiger partial charge in [0.2, 0.25) is 0 Å². The minimum atomic E-state index is -4.16. The number of hydrogen-bond donors (Lipinski definition) is 1. The van der Waals surface area contributed by atoms with E-state index in [9.17, 15) is 8.42 Å². The summed E-state index contributed by atoms with van der Waals surface area (Å²) in [6.45, 7) is 4.59. The van der Waals surface area contributed by atoms with Gasteiger partial charge in [-0.25, -0.2) is 0 Å². The van der Waals surface area contributed by atoms with Crippen LogP contribution < -0.4 is 0 Å². The van der Waals surface area contributed by atoms with Crippen molar-refractivity contribution in [1.29, 1.82) is 0 Å². The number of nitrogens with zero attached hydrogens (tertiary/aromatic N) is 2. The van der Waals surface area contributed by atoms with Crippen molar-refractivity contribution in [1.82, 2.24) is 9.80 Å². The third-order valence-electron chi connectivity index (χ3n) is 3.45. The van der Waals surface area contributed by atoms with Crippen LogP contribution in [0.15, 0.2) is 12.4 Å². The van der Waals surface area contributed by atoms with Gasteiger partial charge in [-0.15, -0.1) is 0 Å². The highest BCUT2D eigenvalue weighted by atomic mass is 32.3. The van der Waals surface area contributed by atoms with Gasteiger partial charge in [0.25, 0.3) is 0 Å². The van der Waals surface area contributed by atoms with E-state index in [0.29, 0.717) is 0 Å². The van der Waals surface area contributed by atoms with Gasteiger partial charge in [-0.1, -0.05) is 51.9 Å². The van der Waals surface area contributed by atoms with Crippen molar-refractivity contribution in [3.05, 3.63) is 12.4 Å². The first-order valence-corrected chi connectivity index (χ1v) is 9.41. The maximum absolute atomic E-state index is 9.33. The molecule has 0 atom stereocenters. The first-order valence-electron chi connectivity index (χ1n) is 8.04. The van der Waals surface area contributed by atoms with Crippen molar-refractivity contribution in [2.45, 2.75) is 58.3 Å². The second-order valence-electron chi connectivity index (χ2n) is 5.58. The van der Waals surface area contributed by atoms with Gasteiger partial charge in [0.05, 0.1) is 13.8 Å². The van der Waals surface area contributed by atoms with E-state index in [4.69, 9.17) is 4.55 Å². The molecule has 22 heavy (non-hydrogen) atoms. The van der Waals surface area contributed by atoms with E-state index in [1.165, 1.54) is 57.9 Å². The van der Waals surface area contributed by atoms with E-state index in [-0.39, 0.29) is 0 Å². The van der Waals surface area contributed by atoms with Gasteiger partial charge in [-0.3, -0.25) is 8.74 Å². The summed E-state index contributed by atoms with van der Waals surface area (Å²) >= 11 is 0. The Hall–Kier alpha value is -0.790. The van der Waals surface area contributed by atoms with Gasteiger partial charge in [-0.2, -0.15) is 8.42 Å². The molecule has 0 amide bonds. The molecule has 0 aromatic rings. The van der Waals surface area contributed by atoms with Crippen LogP contribution in [0.3, 0.4) is 0 Å². The minimum Gasteiger partial charge on any atom is -0.362 e. The van der Waals surface area contributed by atoms with Crippen molar-refractivity contribution in [2.24, 2.45) is 0 Å². The average molecular weight is 336 g/mol. The quantitative estimate of drug-likeness (QED) is 0.488. The molecule has 0 fully saturated rings. The van der Waals surface area contributed by atoms with E-state index in [0.717, 1.165) is 13.8 Å². The van der Waals surface area contributed by atoms with E-state index in [1.54, 1.807) is 0 Å². The molecule has 0 aromatic heterocycles. The van der Waals surface area contributed by atoms with Crippen LogP contribution in [0.4, 0.5) is 0 Å². The van der Waals surface area contributed by atoms with Gasteiger partial charge in [-0.05, 0) is 6.42 Å². The molecule has 0 bridgehead atoms. The zero-order chi connectivity index (χ0) is 16.8. The summed E-state index contributed by atoms with van der Waals surface area (Å²) in [5, 5.41) is 0. The lowest BCUT2D eigenvalue weighted by atomic mass is 10.1. The molecule has 1 N–H and O–H groups in total. The van der Waals surface area contributed by atoms with Crippen LogP contribution in [0.5, 0.6) is 0 Å². The predicted molar refractivity (Wildman–Crippen MR) is 89.6 cm³/mol. The summed E-state index contributed by atoms with van der Waals surface area (Å²) < 4.78 is 29.7. The average Bonchev–Trinajstić information content (AvgIpc) is 2.87. The van der Waals surface area contributed by atoms with Gasteiger partial charge < -0.3 is 9.80 Å². The Morgan fingerprint density at radius 2 is 1.55 bits per heavy atom. The zero-order valence-electron chi connectivity index (χ0n) is 14.2. The third-order valence-corrected chi connectivity index (χ3v) is 3.87. The highest BCUT2D eigenvalue weighted by Gasteiger charge is 2.06. The molecule has 132 valence electrons. The van der Waals surface area contributed by atoms with Gasteiger partial charge in [0.1, 0.15) is 0 Å². The summed E-state index contributed by atoms with van der Waals surface area (Å²) in [7, 11) is -1.16. The third kappa shape index (κ3) is 14.2. The highest BCUT2D eigenvalue weighted by Crippen LogP contribution is 2.10. The standard InChI is InChI=1S/C14H28N2.CH4O4S/c1-3-4-5-6-7-8-9-10-11-16-13-12-15(2)14-16;1-5-6(2,3)4/h12-13H,3-11,14H2,1-2H3;1H3,(H,2,3,4). The lowest BCUT2D eigenvalue weighted by molar-refractivity contribution is 0.290. The maximum Gasteiger partial charge on any atom is 0.397 e. The van der Waals surface area contributed by atoms with Crippen LogP contribution in [0.2, 0.25) is 0 Å². The molecular weight excluding hydrogens is 304 g/mol. The molecule has 1 aliphatic rings. The largest absolute Gasteiger partial charge is 0.397 e. The monoisotopic (exact) mass is 336 g/mol. The van der Waals surface area contributed by atoms with Crippen molar-refractivity contribution in [3.63, 3.8) is 0 Å². The molecule has 0 unspecified atom stereocenters. The molecule has 6 nitrogen and oxygen atoms in total. The Morgan fingerprint density at radius 3 is 1.95 bits per heavy atom. The van der Waals surface area contributed by atoms with Crippen molar-refractivity contribution < 1.29 is 17.2 Å². The summed E-state index contributed by atoms with van der Waals surface area (Å²) in [6.07, 6.45) is 15.7. The SMILES string of the molecule is CCCCCCCCCCN1C=CN(C)C1.COS(=O)(=O)O. The fourth-order valence-electron chi connectivity index (χ4n) is 2.18. The summed E-state index contributed by atoms with van der Waals surface area (Å²) in [4.78, 5) is 4.63. The topological polar surface area (TPSA) is 70.1 Å². The van der Waals surface area contributed by atoms with E-state index >= 15 is 0 Å². The van der Waals surface area contributed by atoms with Gasteiger partial charge in [0.15, 0.2) is 0 Å². The molecule has 0 saturated carbocycles. The van der Waals surface area contributed by atoms with E-state index in [2.05, 4.69) is 40.4 Å². The Labute approximate surface area is 136 Å². The fraction of sp³-hybridized carbons (Fsp3) is 0.867. The second kappa shape index (κ2) is 12.7. The summed E-state index contributed by atoms with van der Waals surface area (Å²) in [5.74, 6) is 0. The number of unbranched alkanes of at least 4 members (excludes halogenated alkanes) is 7. The second-order valence-corrected chi connectivity index (χ2v) is 6.77. The molecule has 7 heteroatoms. The first-order chi connectivity index (χ1) is 10.4. The van der Waals surface area contributed by atoms with Gasteiger partial charge in [0, 0.05) is 26.0 Å². The molecule has 0 aromatic carbocycles. The van der Waals surface area contributed by atoms with Gasteiger partial charge >= 0.3 is 10.4 Å². The van der Waals surface area contributed by atoms with E-state index < -0.39 is 10.4 Å². The molecule has 0 spiro atoms. The lowest BCUT2D eigenvalue weighted by Crippen LogP contribution is -2.23. The fourth-order valence-corrected chi connectivity index (χ4v) is 2.18. The summed E-state index contributed by atoms with van der Waals surface area (Å²) in [5.41, 5.74) is 0. The van der Waals surface area contributed by atoms with Crippen LogP contribution >= 0.6 is 0 Å². The number of rotatable bonds is 10. The molecule has 1 rings (SSSR count). The molecule has 1 aliphatic heterocycles. The molecule has 1 heterocycles. The Balaban J connectivity index is 0.000000626. The smallest absolute Gasteiger partial charge is 0.362 e. The Bertz CT molecular complexity index is 385. The molecule has 0 radical (unpaired) electrons. The van der Waals surface area contributed by atoms with Crippen LogP contribution in [0.1, 0.15) is 58.3 Å². The Morgan fingerprint density at radius 1 is 1.05 bits per heavy atom.